The fourth-order valence-electron chi connectivity index (χ4n) is 2.79. The Morgan fingerprint density at radius 1 is 0.939 bits per heavy atom. The lowest BCUT2D eigenvalue weighted by Crippen LogP contribution is -2.56. The fraction of sp³-hybridized carbons (Fsp3) is 0.476. The third kappa shape index (κ3) is 10.5. The molecule has 0 saturated heterocycles. The van der Waals surface area contributed by atoms with Gasteiger partial charge in [-0.15, -0.1) is 0 Å². The first-order chi connectivity index (χ1) is 15.5. The van der Waals surface area contributed by atoms with Crippen molar-refractivity contribution < 1.29 is 24.3 Å². The number of hydrogen-bond acceptors (Lipinski definition) is 6. The first-order valence-electron chi connectivity index (χ1n) is 10.5. The molecule has 4 atom stereocenters. The molecule has 182 valence electrons. The number of nitrogens with zero attached hydrogens (tertiary/aromatic N) is 1. The quantitative estimate of drug-likeness (QED) is 0.100. The van der Waals surface area contributed by atoms with Crippen molar-refractivity contribution in [2.24, 2.45) is 22.2 Å². The Balaban J connectivity index is 2.79. The van der Waals surface area contributed by atoms with Crippen LogP contribution in [-0.4, -0.2) is 65.5 Å². The van der Waals surface area contributed by atoms with Crippen LogP contribution in [0.3, 0.4) is 0 Å². The number of guanidine groups is 1. The van der Waals surface area contributed by atoms with Gasteiger partial charge in [-0.05, 0) is 38.7 Å². The van der Waals surface area contributed by atoms with Gasteiger partial charge in [0.2, 0.25) is 17.7 Å². The van der Waals surface area contributed by atoms with Crippen LogP contribution in [0.25, 0.3) is 0 Å². The van der Waals surface area contributed by atoms with Gasteiger partial charge < -0.3 is 38.3 Å². The lowest BCUT2D eigenvalue weighted by Gasteiger charge is -2.23. The van der Waals surface area contributed by atoms with Crippen molar-refractivity contribution in [3.05, 3.63) is 35.9 Å². The van der Waals surface area contributed by atoms with Gasteiger partial charge in [0.25, 0.3) is 0 Å². The molecule has 0 aromatic heterocycles. The van der Waals surface area contributed by atoms with Gasteiger partial charge in [0.05, 0.1) is 6.04 Å². The Morgan fingerprint density at radius 3 is 2.12 bits per heavy atom. The van der Waals surface area contributed by atoms with E-state index in [1.807, 2.05) is 30.3 Å². The first-order valence-corrected chi connectivity index (χ1v) is 10.5. The lowest BCUT2D eigenvalue weighted by atomic mass is 10.0. The second kappa shape index (κ2) is 13.7. The minimum atomic E-state index is -1.21. The summed E-state index contributed by atoms with van der Waals surface area (Å²) in [5, 5.41) is 16.3. The number of carboxylic acid groups (broad SMARTS) is 1. The average molecular weight is 464 g/mol. The van der Waals surface area contributed by atoms with Crippen LogP contribution in [0.5, 0.6) is 0 Å². The van der Waals surface area contributed by atoms with Gasteiger partial charge >= 0.3 is 5.97 Å². The second-order valence-electron chi connectivity index (χ2n) is 7.60. The van der Waals surface area contributed by atoms with Crippen molar-refractivity contribution in [1.29, 1.82) is 0 Å². The van der Waals surface area contributed by atoms with Gasteiger partial charge in [-0.2, -0.15) is 0 Å². The first kappa shape index (κ1) is 27.4. The zero-order valence-corrected chi connectivity index (χ0v) is 18.8. The lowest BCUT2D eigenvalue weighted by molar-refractivity contribution is -0.141. The van der Waals surface area contributed by atoms with Crippen LogP contribution in [0.15, 0.2) is 35.3 Å². The highest BCUT2D eigenvalue weighted by atomic mass is 16.4. The number of carbonyl (C=O) groups is 4. The van der Waals surface area contributed by atoms with Crippen molar-refractivity contribution in [1.82, 2.24) is 16.0 Å². The summed E-state index contributed by atoms with van der Waals surface area (Å²) in [4.78, 5) is 52.3. The highest BCUT2D eigenvalue weighted by Gasteiger charge is 2.27. The Bertz CT molecular complexity index is 843. The Labute approximate surface area is 192 Å². The standard InChI is InChI=1S/C21H33N7O5/c1-12(17(29)27-13(2)20(32)33)26-19(31)16(9-6-10-25-21(23)24)28-18(30)15(22)11-14-7-4-3-5-8-14/h3-5,7-8,12-13,15-16H,6,9-11,22H2,1-2H3,(H,26,31)(H,27,29)(H,28,30)(H,32,33)(H4,23,24,25). The predicted molar refractivity (Wildman–Crippen MR) is 123 cm³/mol. The van der Waals surface area contributed by atoms with Crippen molar-refractivity contribution in [3.8, 4) is 0 Å². The summed E-state index contributed by atoms with van der Waals surface area (Å²) in [7, 11) is 0. The third-order valence-corrected chi connectivity index (χ3v) is 4.69. The molecule has 0 aliphatic carbocycles. The number of benzene rings is 1. The number of nitrogens with two attached hydrogens (primary N) is 3. The van der Waals surface area contributed by atoms with Gasteiger partial charge in [0.1, 0.15) is 18.1 Å². The molecule has 0 aliphatic heterocycles. The summed E-state index contributed by atoms with van der Waals surface area (Å²) in [6, 6.07) is 5.14. The molecule has 10 N–H and O–H groups in total. The normalized spacial score (nSPS) is 14.2. The maximum atomic E-state index is 12.8. The van der Waals surface area contributed by atoms with Crippen LogP contribution in [0.2, 0.25) is 0 Å². The van der Waals surface area contributed by atoms with E-state index in [0.29, 0.717) is 6.42 Å². The number of amides is 3. The molecule has 0 saturated carbocycles. The molecule has 1 rings (SSSR count). The molecule has 4 unspecified atom stereocenters. The Hall–Kier alpha value is -3.67. The topological polar surface area (TPSA) is 215 Å². The molecule has 12 nitrogen and oxygen atoms in total. The van der Waals surface area contributed by atoms with Crippen LogP contribution in [0, 0.1) is 0 Å². The molecule has 33 heavy (non-hydrogen) atoms. The van der Waals surface area contributed by atoms with E-state index in [1.165, 1.54) is 13.8 Å². The number of aliphatic carboxylic acids is 1. The van der Waals surface area contributed by atoms with Gasteiger partial charge in [-0.1, -0.05) is 30.3 Å². The fourth-order valence-corrected chi connectivity index (χ4v) is 2.79. The van der Waals surface area contributed by atoms with E-state index in [9.17, 15) is 19.2 Å². The molecule has 1 aromatic carbocycles. The van der Waals surface area contributed by atoms with Gasteiger partial charge in [0.15, 0.2) is 5.96 Å². The average Bonchev–Trinajstić information content (AvgIpc) is 2.75. The minimum Gasteiger partial charge on any atom is -0.480 e. The number of carboxylic acids is 1. The molecular formula is C21H33N7O5. The summed E-state index contributed by atoms with van der Waals surface area (Å²) in [6.45, 7) is 2.95. The molecule has 0 spiro atoms. The smallest absolute Gasteiger partial charge is 0.325 e. The zero-order valence-electron chi connectivity index (χ0n) is 18.8. The predicted octanol–water partition coefficient (Wildman–Crippen LogP) is -1.81. The molecule has 1 aromatic rings. The third-order valence-electron chi connectivity index (χ3n) is 4.69. The summed E-state index contributed by atoms with van der Waals surface area (Å²) < 4.78 is 0. The van der Waals surface area contributed by atoms with Crippen LogP contribution in [-0.2, 0) is 25.6 Å². The van der Waals surface area contributed by atoms with Crippen LogP contribution in [0.1, 0.15) is 32.3 Å². The van der Waals surface area contributed by atoms with Crippen LogP contribution >= 0.6 is 0 Å². The van der Waals surface area contributed by atoms with Crippen molar-refractivity contribution >= 4 is 29.7 Å². The van der Waals surface area contributed by atoms with Crippen LogP contribution < -0.4 is 33.2 Å². The highest BCUT2D eigenvalue weighted by molar-refractivity contribution is 5.93. The molecule has 0 aliphatic rings. The number of hydrogen-bond donors (Lipinski definition) is 7. The Morgan fingerprint density at radius 2 is 1.55 bits per heavy atom. The van der Waals surface area contributed by atoms with E-state index >= 15 is 0 Å². The number of nitrogens with one attached hydrogen (secondary N) is 3. The van der Waals surface area contributed by atoms with Gasteiger partial charge in [0, 0.05) is 6.54 Å². The highest BCUT2D eigenvalue weighted by Crippen LogP contribution is 2.04. The molecule has 0 radical (unpaired) electrons. The van der Waals surface area contributed by atoms with E-state index in [-0.39, 0.29) is 25.3 Å². The van der Waals surface area contributed by atoms with E-state index in [0.717, 1.165) is 5.56 Å². The van der Waals surface area contributed by atoms with Crippen LogP contribution in [0.4, 0.5) is 0 Å². The van der Waals surface area contributed by atoms with E-state index in [2.05, 4.69) is 20.9 Å². The summed E-state index contributed by atoms with van der Waals surface area (Å²) in [6.07, 6.45) is 0.841. The number of aliphatic imine (C=N–C) groups is 1. The van der Waals surface area contributed by atoms with E-state index in [4.69, 9.17) is 22.3 Å². The van der Waals surface area contributed by atoms with Gasteiger partial charge in [-0.25, -0.2) is 0 Å². The van der Waals surface area contributed by atoms with Crippen molar-refractivity contribution in [2.45, 2.75) is 57.3 Å². The molecule has 12 heteroatoms. The molecule has 0 bridgehead atoms. The largest absolute Gasteiger partial charge is 0.480 e. The van der Waals surface area contributed by atoms with Gasteiger partial charge in [-0.3, -0.25) is 24.2 Å². The maximum Gasteiger partial charge on any atom is 0.325 e. The summed E-state index contributed by atoms with van der Waals surface area (Å²) in [5.41, 5.74) is 17.5. The Kier molecular flexibility index (Phi) is 11.3. The molecule has 3 amide bonds. The van der Waals surface area contributed by atoms with Crippen molar-refractivity contribution in [2.75, 3.05) is 6.54 Å². The molecule has 0 fully saturated rings. The zero-order chi connectivity index (χ0) is 25.0. The SMILES string of the molecule is CC(NC(=O)C(C)NC(=O)C(CCCN=C(N)N)NC(=O)C(N)Cc1ccccc1)C(=O)O. The van der Waals surface area contributed by atoms with E-state index < -0.39 is 47.9 Å². The van der Waals surface area contributed by atoms with Crippen molar-refractivity contribution in [3.63, 3.8) is 0 Å². The van der Waals surface area contributed by atoms with E-state index in [1.54, 1.807) is 0 Å². The monoisotopic (exact) mass is 463 g/mol. The molecular weight excluding hydrogens is 430 g/mol. The molecule has 0 heterocycles. The summed E-state index contributed by atoms with van der Waals surface area (Å²) in [5.74, 6) is -3.13. The number of rotatable bonds is 13. The minimum absolute atomic E-state index is 0.0947. The number of carbonyl (C=O) groups excluding carboxylic acids is 3. The second-order valence-corrected chi connectivity index (χ2v) is 7.60. The summed E-state index contributed by atoms with van der Waals surface area (Å²) >= 11 is 0. The maximum absolute atomic E-state index is 12.8.